The molecule has 0 atom stereocenters. The van der Waals surface area contributed by atoms with Crippen molar-refractivity contribution in [3.8, 4) is 0 Å². The molecule has 0 aliphatic heterocycles. The first kappa shape index (κ1) is 20.2. The second kappa shape index (κ2) is 6.58. The van der Waals surface area contributed by atoms with Crippen molar-refractivity contribution in [1.29, 1.82) is 0 Å². The average molecular weight is 599 g/mol. The van der Waals surface area contributed by atoms with Gasteiger partial charge in [0.1, 0.15) is 0 Å². The summed E-state index contributed by atoms with van der Waals surface area (Å²) in [6, 6.07) is 21.6. The lowest BCUT2D eigenvalue weighted by Gasteiger charge is -2.19. The first-order valence-corrected chi connectivity index (χ1v) is 13.1. The lowest BCUT2D eigenvalue weighted by atomic mass is 9.84. The van der Waals surface area contributed by atoms with Gasteiger partial charge in [-0.3, -0.25) is 9.59 Å². The Morgan fingerprint density at radius 3 is 1.74 bits per heavy atom. The van der Waals surface area contributed by atoms with Crippen LogP contribution in [0.2, 0.25) is 5.02 Å². The zero-order valence-electron chi connectivity index (χ0n) is 17.8. The van der Waals surface area contributed by atoms with Crippen LogP contribution in [0, 0.1) is 0 Å². The van der Waals surface area contributed by atoms with E-state index in [1.165, 1.54) is 0 Å². The van der Waals surface area contributed by atoms with E-state index in [4.69, 9.17) is 11.6 Å². The molecular formula is C30H11Br2ClO2. The average Bonchev–Trinajstić information content (AvgIpc) is 2.86. The fourth-order valence-corrected chi connectivity index (χ4v) is 7.48. The summed E-state index contributed by atoms with van der Waals surface area (Å²) in [7, 11) is 0. The van der Waals surface area contributed by atoms with Crippen LogP contribution in [-0.4, -0.2) is 0 Å². The Labute approximate surface area is 219 Å². The predicted molar refractivity (Wildman–Crippen MR) is 155 cm³/mol. The van der Waals surface area contributed by atoms with E-state index in [1.54, 1.807) is 6.07 Å². The van der Waals surface area contributed by atoms with Crippen molar-refractivity contribution in [3.05, 3.63) is 101 Å². The fourth-order valence-electron chi connectivity index (χ4n) is 6.11. The molecule has 0 bridgehead atoms. The number of halogens is 3. The Morgan fingerprint density at radius 1 is 0.486 bits per heavy atom. The molecule has 0 aromatic heterocycles. The molecule has 0 saturated heterocycles. The largest absolute Gasteiger partial charge is 0.289 e. The summed E-state index contributed by atoms with van der Waals surface area (Å²) in [5.41, 5.74) is -0.0522. The third-order valence-electron chi connectivity index (χ3n) is 7.48. The van der Waals surface area contributed by atoms with Crippen molar-refractivity contribution in [2.24, 2.45) is 0 Å². The smallest absolute Gasteiger partial charge is 0.195 e. The molecule has 164 valence electrons. The number of rotatable bonds is 0. The molecule has 5 heteroatoms. The van der Waals surface area contributed by atoms with E-state index in [0.717, 1.165) is 62.8 Å². The van der Waals surface area contributed by atoms with Gasteiger partial charge in [-0.15, -0.1) is 0 Å². The highest BCUT2D eigenvalue weighted by molar-refractivity contribution is 9.11. The zero-order valence-corrected chi connectivity index (χ0v) is 21.7. The molecule has 0 N–H and O–H groups in total. The third-order valence-corrected chi connectivity index (χ3v) is 9.12. The summed E-state index contributed by atoms with van der Waals surface area (Å²) >= 11 is 13.9. The van der Waals surface area contributed by atoms with Crippen molar-refractivity contribution in [1.82, 2.24) is 0 Å². The van der Waals surface area contributed by atoms with Crippen molar-refractivity contribution in [2.45, 2.75) is 0 Å². The molecule has 0 spiro atoms. The van der Waals surface area contributed by atoms with E-state index in [0.29, 0.717) is 26.6 Å². The first-order chi connectivity index (χ1) is 17.0. The molecule has 35 heavy (non-hydrogen) atoms. The van der Waals surface area contributed by atoms with Crippen LogP contribution in [0.3, 0.4) is 0 Å². The van der Waals surface area contributed by atoms with Crippen molar-refractivity contribution in [3.63, 3.8) is 0 Å². The van der Waals surface area contributed by atoms with Crippen molar-refractivity contribution >= 4 is 119 Å². The van der Waals surface area contributed by atoms with E-state index in [9.17, 15) is 9.59 Å². The molecule has 8 rings (SSSR count). The molecule has 0 fully saturated rings. The van der Waals surface area contributed by atoms with Gasteiger partial charge in [-0.05, 0) is 74.8 Å². The van der Waals surface area contributed by atoms with Crippen LogP contribution in [0.5, 0.6) is 0 Å². The quantitative estimate of drug-likeness (QED) is 0.129. The van der Waals surface area contributed by atoms with Gasteiger partial charge in [-0.25, -0.2) is 0 Å². The van der Waals surface area contributed by atoms with Gasteiger partial charge in [-0.2, -0.15) is 0 Å². The highest BCUT2D eigenvalue weighted by Gasteiger charge is 2.23. The van der Waals surface area contributed by atoms with Crippen molar-refractivity contribution in [2.75, 3.05) is 0 Å². The molecular weight excluding hydrogens is 588 g/mol. The number of benzene rings is 8. The normalized spacial score (nSPS) is 12.7. The molecule has 0 unspecified atom stereocenters. The summed E-state index contributed by atoms with van der Waals surface area (Å²) in [6.07, 6.45) is 0. The minimum atomic E-state index is -0.0755. The summed E-state index contributed by atoms with van der Waals surface area (Å²) in [5.74, 6) is 0. The van der Waals surface area contributed by atoms with Crippen LogP contribution >= 0.6 is 43.5 Å². The Hall–Kier alpha value is -3.05. The van der Waals surface area contributed by atoms with Gasteiger partial charge in [0.2, 0.25) is 0 Å². The second-order valence-corrected chi connectivity index (χ2v) is 11.2. The van der Waals surface area contributed by atoms with Crippen LogP contribution in [0.4, 0.5) is 0 Å². The molecule has 0 saturated carbocycles. The summed E-state index contributed by atoms with van der Waals surface area (Å²) < 4.78 is 1.73. The van der Waals surface area contributed by atoms with Crippen LogP contribution in [0.15, 0.2) is 85.3 Å². The Bertz CT molecular complexity index is 2340. The maximum Gasteiger partial charge on any atom is 0.195 e. The maximum atomic E-state index is 13.7. The van der Waals surface area contributed by atoms with Gasteiger partial charge < -0.3 is 0 Å². The van der Waals surface area contributed by atoms with Crippen LogP contribution < -0.4 is 10.9 Å². The third kappa shape index (κ3) is 2.31. The number of fused-ring (bicyclic) bond motifs is 4. The molecule has 8 aromatic rings. The lowest BCUT2D eigenvalue weighted by molar-refractivity contribution is 1.70. The number of hydrogen-bond donors (Lipinski definition) is 0. The van der Waals surface area contributed by atoms with Gasteiger partial charge in [-0.1, -0.05) is 67.7 Å². The zero-order chi connectivity index (χ0) is 23.7. The van der Waals surface area contributed by atoms with E-state index < -0.39 is 0 Å². The van der Waals surface area contributed by atoms with E-state index >= 15 is 0 Å². The van der Waals surface area contributed by atoms with Gasteiger partial charge >= 0.3 is 0 Å². The Morgan fingerprint density at radius 2 is 1.06 bits per heavy atom. The predicted octanol–water partition coefficient (Wildman–Crippen LogP) is 8.97. The standard InChI is InChI=1S/C30H11Br2ClO2/c31-19-3-1-2-14-24(19)17-10-12-5-7-16-26-18(27-20(32)8-9-21(33)28(27)30(16)35)11-13-4-6-15(29(14)34)25(17)22(13)23(12)26/h1-11H. The molecule has 0 aliphatic rings. The monoisotopic (exact) mass is 596 g/mol. The van der Waals surface area contributed by atoms with Crippen molar-refractivity contribution < 1.29 is 0 Å². The van der Waals surface area contributed by atoms with Gasteiger partial charge in [0, 0.05) is 46.6 Å². The molecule has 0 heterocycles. The van der Waals surface area contributed by atoms with E-state index in [-0.39, 0.29) is 10.9 Å². The van der Waals surface area contributed by atoms with Gasteiger partial charge in [0.05, 0.1) is 10.4 Å². The molecule has 0 amide bonds. The highest BCUT2D eigenvalue weighted by Crippen LogP contribution is 2.47. The minimum absolute atomic E-state index is 0.0234. The molecule has 8 aromatic carbocycles. The fraction of sp³-hybridized carbons (Fsp3) is 0. The van der Waals surface area contributed by atoms with E-state index in [2.05, 4.69) is 44.0 Å². The van der Waals surface area contributed by atoms with Crippen LogP contribution in [0.1, 0.15) is 0 Å². The highest BCUT2D eigenvalue weighted by atomic mass is 79.9. The molecule has 2 nitrogen and oxygen atoms in total. The van der Waals surface area contributed by atoms with Gasteiger partial charge in [0.15, 0.2) is 10.9 Å². The second-order valence-electron chi connectivity index (χ2n) is 9.12. The van der Waals surface area contributed by atoms with Crippen LogP contribution in [0.25, 0.3) is 75.4 Å². The summed E-state index contributed by atoms with van der Waals surface area (Å²) in [5, 5.41) is 12.8. The topological polar surface area (TPSA) is 34.1 Å². The molecule has 0 aliphatic carbocycles. The SMILES string of the molecule is O=c1c2cccc(Br)c2c2cc3ccc4c(=O)c5c(Cl)ccc(Br)c5c5cc6ccc1c2c6c3c45. The lowest BCUT2D eigenvalue weighted by Crippen LogP contribution is -2.06. The molecule has 0 radical (unpaired) electrons. The Kier molecular flexibility index (Phi) is 3.79. The van der Waals surface area contributed by atoms with Gasteiger partial charge in [0.25, 0.3) is 0 Å². The Balaban J connectivity index is 1.80. The summed E-state index contributed by atoms with van der Waals surface area (Å²) in [4.78, 5) is 27.3. The maximum absolute atomic E-state index is 13.7. The summed E-state index contributed by atoms with van der Waals surface area (Å²) in [6.45, 7) is 0. The first-order valence-electron chi connectivity index (χ1n) is 11.1. The van der Waals surface area contributed by atoms with Crippen LogP contribution in [-0.2, 0) is 0 Å². The number of hydrogen-bond acceptors (Lipinski definition) is 2. The van der Waals surface area contributed by atoms with E-state index in [1.807, 2.05) is 48.5 Å². The minimum Gasteiger partial charge on any atom is -0.289 e.